The molecule has 3 nitrogen and oxygen atoms in total. The summed E-state index contributed by atoms with van der Waals surface area (Å²) in [6.45, 7) is 0. The van der Waals surface area contributed by atoms with Crippen LogP contribution in [-0.4, -0.2) is 13.7 Å². The third-order valence-electron chi connectivity index (χ3n) is 13.1. The minimum atomic E-state index is -0.500. The molecular formula is C66H43N3. The van der Waals surface area contributed by atoms with E-state index in [-0.39, 0.29) is 115 Å². The van der Waals surface area contributed by atoms with E-state index >= 15 is 0 Å². The van der Waals surface area contributed by atoms with Gasteiger partial charge in [-0.05, 0) is 141 Å². The van der Waals surface area contributed by atoms with Gasteiger partial charge in [0.25, 0.3) is 0 Å². The van der Waals surface area contributed by atoms with E-state index in [1.807, 2.05) is 156 Å². The largest absolute Gasteiger partial charge is 0.309 e. The van der Waals surface area contributed by atoms with Crippen molar-refractivity contribution < 1.29 is 19.2 Å². The zero-order chi connectivity index (χ0) is 57.6. The Morgan fingerprint density at radius 2 is 0.609 bits per heavy atom. The van der Waals surface area contributed by atoms with E-state index in [1.165, 1.54) is 0 Å². The monoisotopic (exact) mass is 891 g/mol. The highest BCUT2D eigenvalue weighted by atomic mass is 15.0. The van der Waals surface area contributed by atoms with Gasteiger partial charge in [0.2, 0.25) is 0 Å². The Bertz CT molecular complexity index is 4830. The van der Waals surface area contributed by atoms with E-state index in [9.17, 15) is 13.7 Å². The van der Waals surface area contributed by atoms with Crippen LogP contribution in [0.5, 0.6) is 0 Å². The average molecular weight is 892 g/mol. The van der Waals surface area contributed by atoms with Crippen molar-refractivity contribution in [3.63, 3.8) is 0 Å². The van der Waals surface area contributed by atoms with E-state index < -0.39 is 24.2 Å². The number of aromatic nitrogens is 3. The van der Waals surface area contributed by atoms with Crippen LogP contribution >= 0.6 is 0 Å². The standard InChI is InChI=1S/C66H43N3/c1-4-16-44(17-5-1)46-20-14-24-53(38-46)68-61-28-12-10-26-55(61)57-40-48(30-34-63(57)68)50-32-36-65-59(42-50)60-43-51(33-37-66(60)67(65)52-22-8-3-9-23-52)49-31-35-64-58(41-49)56-27-11-13-29-62(56)69(64)54-25-15-21-47(39-54)45-18-6-2-7-19-45/h1-43H/i10D,11D,12D,13D,26D,27D,28D,29D,30D,31D,34D,35D,40D,41D. The maximum Gasteiger partial charge on any atom is 0.0645 e. The van der Waals surface area contributed by atoms with Gasteiger partial charge in [-0.3, -0.25) is 0 Å². The van der Waals surface area contributed by atoms with Crippen molar-refractivity contribution in [2.24, 2.45) is 0 Å². The summed E-state index contributed by atoms with van der Waals surface area (Å²) in [6, 6.07) is 49.6. The van der Waals surface area contributed by atoms with Crippen LogP contribution in [0.15, 0.2) is 261 Å². The first-order valence-electron chi connectivity index (χ1n) is 29.6. The molecule has 0 saturated heterocycles. The Morgan fingerprint density at radius 3 is 1.09 bits per heavy atom. The Hall–Kier alpha value is -9.18. The summed E-state index contributed by atoms with van der Waals surface area (Å²) >= 11 is 0. The Kier molecular flexibility index (Phi) is 6.26. The molecule has 0 saturated carbocycles. The van der Waals surface area contributed by atoms with Crippen LogP contribution in [0, 0.1) is 0 Å². The number of nitrogens with zero attached hydrogens (tertiary/aromatic N) is 3. The Balaban J connectivity index is 1.02. The second-order valence-corrected chi connectivity index (χ2v) is 17.0. The smallest absolute Gasteiger partial charge is 0.0645 e. The molecule has 3 aromatic heterocycles. The number of benzene rings is 11. The number of para-hydroxylation sites is 3. The third kappa shape index (κ3) is 6.36. The lowest BCUT2D eigenvalue weighted by Crippen LogP contribution is -1.94. The minimum absolute atomic E-state index is 0.0461. The lowest BCUT2D eigenvalue weighted by atomic mass is 9.98. The van der Waals surface area contributed by atoms with E-state index in [2.05, 4.69) is 0 Å². The van der Waals surface area contributed by atoms with Crippen LogP contribution in [0.2, 0.25) is 0 Å². The molecule has 14 aromatic rings. The second-order valence-electron chi connectivity index (χ2n) is 17.0. The minimum Gasteiger partial charge on any atom is -0.309 e. The molecule has 0 bridgehead atoms. The maximum atomic E-state index is 10.1. The molecule has 0 atom stereocenters. The van der Waals surface area contributed by atoms with Crippen LogP contribution in [-0.2, 0) is 0 Å². The number of hydrogen-bond acceptors (Lipinski definition) is 0. The number of hydrogen-bond donors (Lipinski definition) is 0. The van der Waals surface area contributed by atoms with Gasteiger partial charge in [-0.25, -0.2) is 0 Å². The summed E-state index contributed by atoms with van der Waals surface area (Å²) in [4.78, 5) is 0. The molecule has 0 aliphatic rings. The van der Waals surface area contributed by atoms with Gasteiger partial charge in [0.05, 0.1) is 52.3 Å². The van der Waals surface area contributed by atoms with Gasteiger partial charge in [-0.2, -0.15) is 0 Å². The summed E-state index contributed by atoms with van der Waals surface area (Å²) < 4.78 is 137. The van der Waals surface area contributed by atoms with Crippen molar-refractivity contribution >= 4 is 65.4 Å². The summed E-state index contributed by atoms with van der Waals surface area (Å²) in [5.41, 5.74) is 7.82. The van der Waals surface area contributed by atoms with Crippen molar-refractivity contribution in [3.05, 3.63) is 261 Å². The van der Waals surface area contributed by atoms with Gasteiger partial charge in [0.15, 0.2) is 0 Å². The van der Waals surface area contributed by atoms with Gasteiger partial charge in [0.1, 0.15) is 0 Å². The third-order valence-corrected chi connectivity index (χ3v) is 13.1. The normalized spacial score (nSPS) is 14.6. The first kappa shape index (κ1) is 27.5. The molecule has 69 heavy (non-hydrogen) atoms. The SMILES string of the molecule is [2H]c1c([2H])c([2H])c2c(c1[2H])c1c([2H])c(-c3ccc4c(c3)c3cc(-c5c([2H])c([2H])c6c(c5[2H])c5c([2H])c([2H])c([2H])c([2H])c5n6-c5cccc(-c6ccccc6)c5)ccc3n4-c3ccccc3)c([2H])c([2H])c1n2-c1cccc(-c2ccccc2)c1. The zero-order valence-electron chi connectivity index (χ0n) is 50.6. The molecule has 322 valence electrons. The van der Waals surface area contributed by atoms with Crippen LogP contribution in [0.3, 0.4) is 0 Å². The zero-order valence-corrected chi connectivity index (χ0v) is 36.6. The van der Waals surface area contributed by atoms with Gasteiger partial charge in [-0.15, -0.1) is 0 Å². The van der Waals surface area contributed by atoms with Crippen molar-refractivity contribution in [1.82, 2.24) is 13.7 Å². The average Bonchev–Trinajstić information content (AvgIpc) is 3.05. The molecule has 0 amide bonds. The van der Waals surface area contributed by atoms with E-state index in [0.29, 0.717) is 44.3 Å². The lowest BCUT2D eigenvalue weighted by molar-refractivity contribution is 1.18. The van der Waals surface area contributed by atoms with Crippen molar-refractivity contribution in [3.8, 4) is 61.6 Å². The fourth-order valence-corrected chi connectivity index (χ4v) is 9.93. The summed E-state index contributed by atoms with van der Waals surface area (Å²) in [5, 5.41) is 1.53. The Labute approximate surface area is 419 Å². The summed E-state index contributed by atoms with van der Waals surface area (Å²) in [5.74, 6) is 0. The quantitative estimate of drug-likeness (QED) is 0.151. The highest BCUT2D eigenvalue weighted by molar-refractivity contribution is 6.14. The molecular weight excluding hydrogens is 835 g/mol. The molecule has 0 aliphatic carbocycles. The molecule has 0 spiro atoms. The molecule has 0 unspecified atom stereocenters. The first-order chi connectivity index (χ1) is 40.1. The predicted octanol–water partition coefficient (Wildman–Crippen LogP) is 17.6. The fourth-order valence-electron chi connectivity index (χ4n) is 9.93. The summed E-state index contributed by atoms with van der Waals surface area (Å²) in [7, 11) is 0. The fraction of sp³-hybridized carbons (Fsp3) is 0. The van der Waals surface area contributed by atoms with Crippen LogP contribution < -0.4 is 0 Å². The molecule has 11 aromatic carbocycles. The van der Waals surface area contributed by atoms with E-state index in [4.69, 9.17) is 5.48 Å². The van der Waals surface area contributed by atoms with Gasteiger partial charge >= 0.3 is 0 Å². The maximum absolute atomic E-state index is 10.1. The highest BCUT2D eigenvalue weighted by Crippen LogP contribution is 2.41. The molecule has 14 rings (SSSR count). The Morgan fingerprint density at radius 1 is 0.232 bits per heavy atom. The molecule has 0 aliphatic heterocycles. The van der Waals surface area contributed by atoms with Gasteiger partial charge < -0.3 is 13.7 Å². The van der Waals surface area contributed by atoms with Crippen LogP contribution in [0.25, 0.3) is 127 Å². The van der Waals surface area contributed by atoms with E-state index in [0.717, 1.165) is 27.9 Å². The topological polar surface area (TPSA) is 14.8 Å². The second kappa shape index (κ2) is 15.7. The first-order valence-corrected chi connectivity index (χ1v) is 22.6. The molecule has 3 heteroatoms. The highest BCUT2D eigenvalue weighted by Gasteiger charge is 2.19. The molecule has 0 radical (unpaired) electrons. The molecule has 0 N–H and O–H groups in total. The van der Waals surface area contributed by atoms with Crippen molar-refractivity contribution in [2.45, 2.75) is 0 Å². The number of fused-ring (bicyclic) bond motifs is 9. The van der Waals surface area contributed by atoms with Gasteiger partial charge in [0, 0.05) is 49.4 Å². The van der Waals surface area contributed by atoms with Gasteiger partial charge in [-0.1, -0.05) is 164 Å². The number of rotatable bonds is 7. The van der Waals surface area contributed by atoms with Crippen molar-refractivity contribution in [2.75, 3.05) is 0 Å². The molecule has 0 fully saturated rings. The predicted molar refractivity (Wildman–Crippen MR) is 291 cm³/mol. The van der Waals surface area contributed by atoms with E-state index in [1.54, 1.807) is 33.4 Å². The lowest BCUT2D eigenvalue weighted by Gasteiger charge is -2.11. The molecule has 3 heterocycles. The van der Waals surface area contributed by atoms with Crippen LogP contribution in [0.1, 0.15) is 19.2 Å². The van der Waals surface area contributed by atoms with Crippen molar-refractivity contribution in [1.29, 1.82) is 0 Å². The van der Waals surface area contributed by atoms with Crippen LogP contribution in [0.4, 0.5) is 0 Å². The summed E-state index contributed by atoms with van der Waals surface area (Å²) in [6.07, 6.45) is 0.